The summed E-state index contributed by atoms with van der Waals surface area (Å²) in [6.45, 7) is 1.76. The van der Waals surface area contributed by atoms with Crippen molar-refractivity contribution < 1.29 is 37.3 Å². The van der Waals surface area contributed by atoms with E-state index < -0.39 is 35.1 Å². The lowest BCUT2D eigenvalue weighted by Crippen LogP contribution is -2.29. The first-order valence-electron chi connectivity index (χ1n) is 8.85. The van der Waals surface area contributed by atoms with Crippen LogP contribution in [-0.4, -0.2) is 42.0 Å². The largest absolute Gasteiger partial charge is 0.506 e. The summed E-state index contributed by atoms with van der Waals surface area (Å²) in [7, 11) is 1.44. The van der Waals surface area contributed by atoms with Crippen molar-refractivity contribution in [3.8, 4) is 0 Å². The molecule has 1 saturated carbocycles. The second-order valence-corrected chi connectivity index (χ2v) is 6.39. The molecule has 0 radical (unpaired) electrons. The molecule has 0 spiro atoms. The minimum atomic E-state index is -4.69. The normalized spacial score (nSPS) is 19.8. The van der Waals surface area contributed by atoms with Crippen molar-refractivity contribution in [3.63, 3.8) is 0 Å². The van der Waals surface area contributed by atoms with Crippen LogP contribution < -0.4 is 0 Å². The van der Waals surface area contributed by atoms with Gasteiger partial charge in [0.25, 0.3) is 0 Å². The molecule has 1 fully saturated rings. The van der Waals surface area contributed by atoms with Gasteiger partial charge in [-0.05, 0) is 25.0 Å². The first-order chi connectivity index (χ1) is 13.2. The topological polar surface area (TPSA) is 85.7 Å². The Balaban J connectivity index is 2.49. The second-order valence-electron chi connectivity index (χ2n) is 6.39. The number of aliphatic hydroxyl groups excluding tert-OH is 1. The Kier molecular flexibility index (Phi) is 7.31. The van der Waals surface area contributed by atoms with Gasteiger partial charge in [0.05, 0.1) is 25.5 Å². The van der Waals surface area contributed by atoms with Crippen LogP contribution in [0.25, 0.3) is 5.76 Å². The highest BCUT2D eigenvalue weighted by Crippen LogP contribution is 2.33. The van der Waals surface area contributed by atoms with Gasteiger partial charge < -0.3 is 14.6 Å². The van der Waals surface area contributed by atoms with Crippen LogP contribution in [0.15, 0.2) is 17.7 Å². The van der Waals surface area contributed by atoms with Gasteiger partial charge in [-0.25, -0.2) is 4.98 Å². The molecule has 154 valence electrons. The molecule has 2 rings (SSSR count). The number of methoxy groups -OCH3 is 1. The van der Waals surface area contributed by atoms with Gasteiger partial charge in [0.15, 0.2) is 11.6 Å². The van der Waals surface area contributed by atoms with Gasteiger partial charge in [0.1, 0.15) is 17.0 Å². The Morgan fingerprint density at radius 2 is 2.00 bits per heavy atom. The highest BCUT2D eigenvalue weighted by Gasteiger charge is 2.36. The number of carbonyl (C=O) groups excluding carboxylic acids is 2. The molecule has 28 heavy (non-hydrogen) atoms. The van der Waals surface area contributed by atoms with Crippen molar-refractivity contribution >= 4 is 17.3 Å². The van der Waals surface area contributed by atoms with E-state index in [-0.39, 0.29) is 43.1 Å². The summed E-state index contributed by atoms with van der Waals surface area (Å²) in [4.78, 5) is 28.3. The van der Waals surface area contributed by atoms with E-state index >= 15 is 0 Å². The third kappa shape index (κ3) is 4.96. The van der Waals surface area contributed by atoms with Crippen molar-refractivity contribution in [1.82, 2.24) is 4.98 Å². The predicted molar refractivity (Wildman–Crippen MR) is 93.3 cm³/mol. The maximum atomic E-state index is 13.0. The lowest BCUT2D eigenvalue weighted by atomic mass is 9.80. The van der Waals surface area contributed by atoms with E-state index in [0.29, 0.717) is 18.9 Å². The van der Waals surface area contributed by atoms with Gasteiger partial charge in [-0.1, -0.05) is 6.92 Å². The number of ether oxygens (including phenoxy) is 2. The Bertz CT molecular complexity index is 773. The molecular formula is C19H22F3NO5. The average molecular weight is 401 g/mol. The maximum Gasteiger partial charge on any atom is 0.433 e. The minimum Gasteiger partial charge on any atom is -0.506 e. The SMILES string of the molecule is CCC1CCC(=O)C(=C(O)c2ccc(C(F)(F)F)nc2COCCOC)C1=O. The van der Waals surface area contributed by atoms with Crippen LogP contribution in [0.5, 0.6) is 0 Å². The molecule has 0 bridgehead atoms. The summed E-state index contributed by atoms with van der Waals surface area (Å²) >= 11 is 0. The number of rotatable bonds is 7. The molecule has 1 N–H and O–H groups in total. The van der Waals surface area contributed by atoms with Crippen molar-refractivity contribution in [1.29, 1.82) is 0 Å². The zero-order valence-corrected chi connectivity index (χ0v) is 15.6. The smallest absolute Gasteiger partial charge is 0.433 e. The summed E-state index contributed by atoms with van der Waals surface area (Å²) < 4.78 is 49.1. The van der Waals surface area contributed by atoms with Gasteiger partial charge in [-0.2, -0.15) is 13.2 Å². The molecule has 1 aliphatic rings. The lowest BCUT2D eigenvalue weighted by Gasteiger charge is -2.22. The van der Waals surface area contributed by atoms with E-state index in [9.17, 15) is 27.9 Å². The number of alkyl halides is 3. The summed E-state index contributed by atoms with van der Waals surface area (Å²) in [6, 6.07) is 1.70. The number of ketones is 2. The second kappa shape index (κ2) is 9.29. The third-order valence-corrected chi connectivity index (χ3v) is 4.54. The summed E-state index contributed by atoms with van der Waals surface area (Å²) in [5.41, 5.74) is -1.88. The van der Waals surface area contributed by atoms with E-state index in [4.69, 9.17) is 9.47 Å². The number of nitrogens with zero attached hydrogens (tertiary/aromatic N) is 1. The number of pyridine rings is 1. The molecular weight excluding hydrogens is 379 g/mol. The van der Waals surface area contributed by atoms with Crippen molar-refractivity contribution in [2.75, 3.05) is 20.3 Å². The van der Waals surface area contributed by atoms with Crippen LogP contribution in [0.1, 0.15) is 43.1 Å². The molecule has 1 aromatic heterocycles. The van der Waals surface area contributed by atoms with Crippen LogP contribution in [0.2, 0.25) is 0 Å². The summed E-state index contributed by atoms with van der Waals surface area (Å²) in [5, 5.41) is 10.6. The Morgan fingerprint density at radius 1 is 1.29 bits per heavy atom. The number of hydrogen-bond acceptors (Lipinski definition) is 6. The van der Waals surface area contributed by atoms with Gasteiger partial charge >= 0.3 is 6.18 Å². The molecule has 1 atom stereocenters. The van der Waals surface area contributed by atoms with Crippen LogP contribution in [0, 0.1) is 5.92 Å². The molecule has 1 unspecified atom stereocenters. The van der Waals surface area contributed by atoms with Crippen molar-refractivity contribution in [2.45, 2.75) is 39.0 Å². The lowest BCUT2D eigenvalue weighted by molar-refractivity contribution is -0.141. The van der Waals surface area contributed by atoms with Crippen LogP contribution in [0.4, 0.5) is 13.2 Å². The van der Waals surface area contributed by atoms with E-state index in [0.717, 1.165) is 6.07 Å². The van der Waals surface area contributed by atoms with Gasteiger partial charge in [0, 0.05) is 25.0 Å². The zero-order valence-electron chi connectivity index (χ0n) is 15.6. The molecule has 0 aromatic carbocycles. The molecule has 0 amide bonds. The fourth-order valence-electron chi connectivity index (χ4n) is 2.97. The van der Waals surface area contributed by atoms with Gasteiger partial charge in [0.2, 0.25) is 0 Å². The Labute approximate surface area is 160 Å². The van der Waals surface area contributed by atoms with E-state index in [1.54, 1.807) is 6.92 Å². The number of allylic oxidation sites excluding steroid dienone is 1. The zero-order chi connectivity index (χ0) is 20.9. The molecule has 1 aliphatic carbocycles. The molecule has 6 nitrogen and oxygen atoms in total. The van der Waals surface area contributed by atoms with Crippen LogP contribution in [-0.2, 0) is 31.8 Å². The van der Waals surface area contributed by atoms with Gasteiger partial charge in [-0.15, -0.1) is 0 Å². The molecule has 9 heteroatoms. The number of aromatic nitrogens is 1. The molecule has 0 saturated heterocycles. The predicted octanol–water partition coefficient (Wildman–Crippen LogP) is 3.49. The quantitative estimate of drug-likeness (QED) is 0.326. The molecule has 1 heterocycles. The highest BCUT2D eigenvalue weighted by molar-refractivity contribution is 6.26. The Hall–Kier alpha value is -2.26. The number of halogens is 3. The highest BCUT2D eigenvalue weighted by atomic mass is 19.4. The standard InChI is InChI=1S/C19H22F3NO5/c1-3-11-4-6-14(24)16(17(11)25)18(26)12-5-7-15(19(20,21)22)23-13(12)10-28-9-8-27-2/h5,7,11,26H,3-4,6,8-10H2,1-2H3. The number of Topliss-reactive ketones (excluding diaryl/α,β-unsaturated/α-hetero) is 2. The number of aliphatic hydroxyl groups is 1. The first-order valence-corrected chi connectivity index (χ1v) is 8.85. The fraction of sp³-hybridized carbons (Fsp3) is 0.526. The molecule has 1 aromatic rings. The van der Waals surface area contributed by atoms with E-state index in [1.807, 2.05) is 0 Å². The average Bonchev–Trinajstić information content (AvgIpc) is 2.64. The summed E-state index contributed by atoms with van der Waals surface area (Å²) in [5.74, 6) is -2.08. The third-order valence-electron chi connectivity index (χ3n) is 4.54. The monoisotopic (exact) mass is 401 g/mol. The minimum absolute atomic E-state index is 0.0946. The van der Waals surface area contributed by atoms with Crippen molar-refractivity contribution in [2.24, 2.45) is 5.92 Å². The first kappa shape index (κ1) is 22.0. The maximum absolute atomic E-state index is 13.0. The number of hydrogen-bond donors (Lipinski definition) is 1. The fourth-order valence-corrected chi connectivity index (χ4v) is 2.97. The van der Waals surface area contributed by atoms with Crippen LogP contribution >= 0.6 is 0 Å². The molecule has 0 aliphatic heterocycles. The number of carbonyl (C=O) groups is 2. The van der Waals surface area contributed by atoms with Gasteiger partial charge in [-0.3, -0.25) is 9.59 Å². The van der Waals surface area contributed by atoms with Crippen LogP contribution in [0.3, 0.4) is 0 Å². The van der Waals surface area contributed by atoms with E-state index in [2.05, 4.69) is 4.98 Å². The van der Waals surface area contributed by atoms with Crippen molar-refractivity contribution in [3.05, 3.63) is 34.7 Å². The summed E-state index contributed by atoms with van der Waals surface area (Å²) in [6.07, 6.45) is -3.70. The Morgan fingerprint density at radius 3 is 2.61 bits per heavy atom. The van der Waals surface area contributed by atoms with E-state index in [1.165, 1.54) is 7.11 Å².